The topological polar surface area (TPSA) is 116 Å². The lowest BCUT2D eigenvalue weighted by Gasteiger charge is -2.17. The van der Waals surface area contributed by atoms with Crippen molar-refractivity contribution in [2.75, 3.05) is 11.9 Å². The molecule has 0 aliphatic rings. The van der Waals surface area contributed by atoms with Gasteiger partial charge in [-0.2, -0.15) is 13.2 Å². The Labute approximate surface area is 166 Å². The molecule has 1 amide bonds. The number of ether oxygens (including phenoxy) is 1. The van der Waals surface area contributed by atoms with Gasteiger partial charge >= 0.3 is 12.1 Å². The summed E-state index contributed by atoms with van der Waals surface area (Å²) in [5.41, 5.74) is -2.98. The summed E-state index contributed by atoms with van der Waals surface area (Å²) in [6.07, 6.45) is -3.70. The smallest absolute Gasteiger partial charge is 0.418 e. The number of aromatic nitrogens is 3. The number of alkyl halides is 3. The molecule has 0 saturated carbocycles. The Morgan fingerprint density at radius 2 is 2.00 bits per heavy atom. The Kier molecular flexibility index (Phi) is 5.58. The molecular weight excluding hydrogens is 409 g/mol. The molecular formula is C18H15F3N4O5. The number of carbonyl (C=O) groups excluding carboxylic acids is 2. The molecule has 0 saturated heterocycles. The van der Waals surface area contributed by atoms with Gasteiger partial charge in [-0.05, 0) is 26.0 Å². The standard InChI is InChI=1S/C18H15F3N4O5/c1-3-29-17(28)13-12-15(30-24-13)22-8-25(16(12)27)9(2)14(26)23-11-7-5-4-6-10(11)18(19,20)21/h4-9H,3H2,1-2H3,(H,23,26)/t9-/m1/s1. The molecule has 0 radical (unpaired) electrons. The fraction of sp³-hybridized carbons (Fsp3) is 0.278. The molecule has 0 bridgehead atoms. The summed E-state index contributed by atoms with van der Waals surface area (Å²) in [6.45, 7) is 2.87. The number of rotatable bonds is 5. The molecule has 12 heteroatoms. The van der Waals surface area contributed by atoms with Gasteiger partial charge in [0.1, 0.15) is 17.8 Å². The molecule has 2 heterocycles. The maximum Gasteiger partial charge on any atom is 0.418 e. The number of esters is 1. The van der Waals surface area contributed by atoms with Gasteiger partial charge in [0.2, 0.25) is 11.6 Å². The minimum atomic E-state index is -4.68. The zero-order valence-electron chi connectivity index (χ0n) is 15.7. The third-order valence-electron chi connectivity index (χ3n) is 4.18. The summed E-state index contributed by atoms with van der Waals surface area (Å²) in [4.78, 5) is 41.1. The van der Waals surface area contributed by atoms with Crippen molar-refractivity contribution in [3.8, 4) is 0 Å². The fourth-order valence-electron chi connectivity index (χ4n) is 2.68. The Morgan fingerprint density at radius 3 is 2.67 bits per heavy atom. The number of nitrogens with one attached hydrogen (secondary N) is 1. The largest absolute Gasteiger partial charge is 0.461 e. The number of hydrogen-bond donors (Lipinski definition) is 1. The molecule has 0 spiro atoms. The summed E-state index contributed by atoms with van der Waals surface area (Å²) in [7, 11) is 0. The van der Waals surface area contributed by atoms with Gasteiger partial charge in [-0.3, -0.25) is 14.2 Å². The summed E-state index contributed by atoms with van der Waals surface area (Å²) in [5, 5.41) is 5.34. The van der Waals surface area contributed by atoms with Crippen LogP contribution in [0.25, 0.3) is 11.1 Å². The first-order chi connectivity index (χ1) is 14.1. The van der Waals surface area contributed by atoms with Gasteiger partial charge in [0.25, 0.3) is 11.3 Å². The highest BCUT2D eigenvalue weighted by Gasteiger charge is 2.34. The molecule has 0 unspecified atom stereocenters. The lowest BCUT2D eigenvalue weighted by atomic mass is 10.1. The second-order valence-corrected chi connectivity index (χ2v) is 6.10. The second kappa shape index (κ2) is 7.97. The molecule has 30 heavy (non-hydrogen) atoms. The Balaban J connectivity index is 1.96. The first kappa shape index (κ1) is 21.0. The van der Waals surface area contributed by atoms with Crippen LogP contribution in [-0.2, 0) is 15.7 Å². The number of fused-ring (bicyclic) bond motifs is 1. The second-order valence-electron chi connectivity index (χ2n) is 6.10. The Bertz CT molecular complexity index is 1170. The van der Waals surface area contributed by atoms with Gasteiger partial charge in [-0.1, -0.05) is 17.3 Å². The van der Waals surface area contributed by atoms with E-state index in [0.717, 1.165) is 23.0 Å². The highest BCUT2D eigenvalue weighted by atomic mass is 19.4. The third kappa shape index (κ3) is 3.88. The molecule has 1 N–H and O–H groups in total. The van der Waals surface area contributed by atoms with E-state index in [9.17, 15) is 27.6 Å². The van der Waals surface area contributed by atoms with Crippen LogP contribution in [0.2, 0.25) is 0 Å². The number of carbonyl (C=O) groups is 2. The van der Waals surface area contributed by atoms with Crippen molar-refractivity contribution in [1.82, 2.24) is 14.7 Å². The van der Waals surface area contributed by atoms with Gasteiger partial charge in [-0.15, -0.1) is 0 Å². The maximum absolute atomic E-state index is 13.1. The Morgan fingerprint density at radius 1 is 1.30 bits per heavy atom. The monoisotopic (exact) mass is 424 g/mol. The first-order valence-electron chi connectivity index (χ1n) is 8.65. The van der Waals surface area contributed by atoms with E-state index in [1.807, 2.05) is 0 Å². The maximum atomic E-state index is 13.1. The van der Waals surface area contributed by atoms with E-state index >= 15 is 0 Å². The van der Waals surface area contributed by atoms with Gasteiger partial charge in [-0.25, -0.2) is 9.78 Å². The van der Waals surface area contributed by atoms with Crippen LogP contribution < -0.4 is 10.9 Å². The van der Waals surface area contributed by atoms with E-state index in [-0.39, 0.29) is 17.7 Å². The average Bonchev–Trinajstić information content (AvgIpc) is 3.13. The van der Waals surface area contributed by atoms with Gasteiger partial charge < -0.3 is 14.6 Å². The van der Waals surface area contributed by atoms with Crippen LogP contribution >= 0.6 is 0 Å². The summed E-state index contributed by atoms with van der Waals surface area (Å²) < 4.78 is 49.9. The molecule has 0 aliphatic heterocycles. The van der Waals surface area contributed by atoms with E-state index in [1.165, 1.54) is 19.1 Å². The highest BCUT2D eigenvalue weighted by molar-refractivity contribution is 6.00. The molecule has 3 rings (SSSR count). The normalized spacial score (nSPS) is 12.6. The van der Waals surface area contributed by atoms with Crippen LogP contribution in [0.3, 0.4) is 0 Å². The van der Waals surface area contributed by atoms with Crippen molar-refractivity contribution in [2.45, 2.75) is 26.1 Å². The summed E-state index contributed by atoms with van der Waals surface area (Å²) in [5.74, 6) is -1.81. The van der Waals surface area contributed by atoms with Gasteiger partial charge in [0.05, 0.1) is 17.9 Å². The predicted molar refractivity (Wildman–Crippen MR) is 96.8 cm³/mol. The molecule has 2 aromatic heterocycles. The molecule has 0 aliphatic carbocycles. The number of halogens is 3. The third-order valence-corrected chi connectivity index (χ3v) is 4.18. The fourth-order valence-corrected chi connectivity index (χ4v) is 2.68. The van der Waals surface area contributed by atoms with Crippen molar-refractivity contribution in [2.24, 2.45) is 0 Å². The average molecular weight is 424 g/mol. The van der Waals surface area contributed by atoms with Crippen molar-refractivity contribution in [3.63, 3.8) is 0 Å². The lowest BCUT2D eigenvalue weighted by Crippen LogP contribution is -2.32. The van der Waals surface area contributed by atoms with Crippen LogP contribution in [0.4, 0.5) is 18.9 Å². The van der Waals surface area contributed by atoms with E-state index in [4.69, 9.17) is 9.26 Å². The number of hydrogen-bond acceptors (Lipinski definition) is 7. The quantitative estimate of drug-likeness (QED) is 0.626. The van der Waals surface area contributed by atoms with Crippen LogP contribution in [0, 0.1) is 0 Å². The number of benzene rings is 1. The van der Waals surface area contributed by atoms with Crippen LogP contribution in [-0.4, -0.2) is 33.2 Å². The van der Waals surface area contributed by atoms with E-state index in [1.54, 1.807) is 6.92 Å². The van der Waals surface area contributed by atoms with E-state index in [2.05, 4.69) is 15.5 Å². The van der Waals surface area contributed by atoms with Gasteiger partial charge in [0.15, 0.2) is 0 Å². The number of para-hydroxylation sites is 1. The molecule has 0 fully saturated rings. The zero-order valence-corrected chi connectivity index (χ0v) is 15.7. The molecule has 3 aromatic rings. The molecule has 1 atom stereocenters. The number of amides is 1. The van der Waals surface area contributed by atoms with E-state index in [0.29, 0.717) is 0 Å². The Hall–Kier alpha value is -3.70. The first-order valence-corrected chi connectivity index (χ1v) is 8.65. The van der Waals surface area contributed by atoms with Crippen molar-refractivity contribution in [1.29, 1.82) is 0 Å². The van der Waals surface area contributed by atoms with Crippen molar-refractivity contribution >= 4 is 28.7 Å². The number of nitrogens with zero attached hydrogens (tertiary/aromatic N) is 3. The minimum Gasteiger partial charge on any atom is -0.461 e. The highest BCUT2D eigenvalue weighted by Crippen LogP contribution is 2.34. The molecule has 9 nitrogen and oxygen atoms in total. The van der Waals surface area contributed by atoms with Crippen LogP contribution in [0.1, 0.15) is 35.9 Å². The van der Waals surface area contributed by atoms with Crippen molar-refractivity contribution < 1.29 is 32.0 Å². The molecule has 158 valence electrons. The van der Waals surface area contributed by atoms with E-state index < -0.39 is 46.6 Å². The minimum absolute atomic E-state index is 0.0268. The van der Waals surface area contributed by atoms with Gasteiger partial charge in [0, 0.05) is 0 Å². The molecule has 1 aromatic carbocycles. The summed E-state index contributed by atoms with van der Waals surface area (Å²) >= 11 is 0. The lowest BCUT2D eigenvalue weighted by molar-refractivity contribution is -0.137. The van der Waals surface area contributed by atoms with Crippen LogP contribution in [0.15, 0.2) is 39.9 Å². The van der Waals surface area contributed by atoms with Crippen LogP contribution in [0.5, 0.6) is 0 Å². The zero-order chi connectivity index (χ0) is 22.1. The predicted octanol–water partition coefficient (Wildman–Crippen LogP) is 2.78. The number of anilines is 1. The SMILES string of the molecule is CCOC(=O)c1noc2ncn([C@H](C)C(=O)Nc3ccccc3C(F)(F)F)c(=O)c12. The van der Waals surface area contributed by atoms with Crippen molar-refractivity contribution in [3.05, 3.63) is 52.2 Å². The summed E-state index contributed by atoms with van der Waals surface area (Å²) in [6, 6.07) is 3.17.